The summed E-state index contributed by atoms with van der Waals surface area (Å²) in [7, 11) is 0. The third kappa shape index (κ3) is 3.73. The van der Waals surface area contributed by atoms with Crippen LogP contribution in [0.4, 0.5) is 0 Å². The van der Waals surface area contributed by atoms with E-state index in [1.54, 1.807) is 23.1 Å². The second-order valence-electron chi connectivity index (χ2n) is 4.51. The first-order valence-corrected chi connectivity index (χ1v) is 8.61. The number of hydrogen-bond acceptors (Lipinski definition) is 4. The molecule has 1 unspecified atom stereocenters. The SMILES string of the molecule is CSCC(=O)NCC(c1cccs1)N1CCCC1. The molecule has 18 heavy (non-hydrogen) atoms. The van der Waals surface area contributed by atoms with Crippen LogP contribution in [-0.2, 0) is 4.79 Å². The third-order valence-corrected chi connectivity index (χ3v) is 4.75. The van der Waals surface area contributed by atoms with Crippen LogP contribution in [0.2, 0.25) is 0 Å². The highest BCUT2D eigenvalue weighted by atomic mass is 32.2. The highest BCUT2D eigenvalue weighted by Gasteiger charge is 2.24. The quantitative estimate of drug-likeness (QED) is 0.870. The lowest BCUT2D eigenvalue weighted by Gasteiger charge is -2.26. The van der Waals surface area contributed by atoms with Crippen molar-refractivity contribution in [2.24, 2.45) is 0 Å². The molecule has 1 aromatic heterocycles. The highest BCUT2D eigenvalue weighted by Crippen LogP contribution is 2.27. The summed E-state index contributed by atoms with van der Waals surface area (Å²) < 4.78 is 0. The van der Waals surface area contributed by atoms with Crippen molar-refractivity contribution >= 4 is 29.0 Å². The van der Waals surface area contributed by atoms with Gasteiger partial charge in [0.15, 0.2) is 0 Å². The van der Waals surface area contributed by atoms with Crippen molar-refractivity contribution in [1.82, 2.24) is 10.2 Å². The minimum atomic E-state index is 0.142. The van der Waals surface area contributed by atoms with Gasteiger partial charge in [-0.25, -0.2) is 0 Å². The monoisotopic (exact) mass is 284 g/mol. The molecule has 1 amide bonds. The van der Waals surface area contributed by atoms with Gasteiger partial charge in [0.1, 0.15) is 0 Å². The molecule has 1 aromatic rings. The molecule has 0 aliphatic carbocycles. The molecule has 100 valence electrons. The van der Waals surface area contributed by atoms with Gasteiger partial charge < -0.3 is 5.32 Å². The zero-order valence-electron chi connectivity index (χ0n) is 10.7. The molecule has 1 fully saturated rings. The number of rotatable bonds is 6. The number of hydrogen-bond donors (Lipinski definition) is 1. The number of carbonyl (C=O) groups is 1. The largest absolute Gasteiger partial charge is 0.353 e. The van der Waals surface area contributed by atoms with E-state index in [2.05, 4.69) is 27.7 Å². The predicted octanol–water partition coefficient (Wildman–Crippen LogP) is 2.36. The average molecular weight is 284 g/mol. The Kier molecular flexibility index (Phi) is 5.53. The molecule has 2 rings (SSSR count). The van der Waals surface area contributed by atoms with Crippen molar-refractivity contribution in [3.63, 3.8) is 0 Å². The molecule has 3 nitrogen and oxygen atoms in total. The van der Waals surface area contributed by atoms with Gasteiger partial charge >= 0.3 is 0 Å². The van der Waals surface area contributed by atoms with Crippen molar-refractivity contribution in [3.8, 4) is 0 Å². The van der Waals surface area contributed by atoms with Gasteiger partial charge in [0, 0.05) is 11.4 Å². The lowest BCUT2D eigenvalue weighted by molar-refractivity contribution is -0.118. The van der Waals surface area contributed by atoms with Gasteiger partial charge in [-0.1, -0.05) is 6.07 Å². The van der Waals surface area contributed by atoms with Crippen molar-refractivity contribution in [2.75, 3.05) is 31.6 Å². The van der Waals surface area contributed by atoms with Crippen molar-refractivity contribution in [3.05, 3.63) is 22.4 Å². The topological polar surface area (TPSA) is 32.3 Å². The fourth-order valence-electron chi connectivity index (χ4n) is 2.34. The van der Waals surface area contributed by atoms with E-state index >= 15 is 0 Å². The standard InChI is InChI=1S/C13H20N2OS2/c1-17-10-13(16)14-9-11(12-5-4-8-18-12)15-6-2-3-7-15/h4-5,8,11H,2-3,6-7,9-10H2,1H3,(H,14,16). The fourth-order valence-corrected chi connectivity index (χ4v) is 3.56. The van der Waals surface area contributed by atoms with E-state index < -0.39 is 0 Å². The van der Waals surface area contributed by atoms with Crippen molar-refractivity contribution in [1.29, 1.82) is 0 Å². The first-order chi connectivity index (χ1) is 8.81. The first-order valence-electron chi connectivity index (χ1n) is 6.34. The minimum absolute atomic E-state index is 0.142. The predicted molar refractivity (Wildman–Crippen MR) is 79.3 cm³/mol. The average Bonchev–Trinajstić information content (AvgIpc) is 3.02. The fraction of sp³-hybridized carbons (Fsp3) is 0.615. The van der Waals surface area contributed by atoms with E-state index in [0.29, 0.717) is 11.8 Å². The molecule has 5 heteroatoms. The van der Waals surface area contributed by atoms with Crippen molar-refractivity contribution in [2.45, 2.75) is 18.9 Å². The van der Waals surface area contributed by atoms with Crippen LogP contribution in [0, 0.1) is 0 Å². The first kappa shape index (κ1) is 13.9. The molecule has 0 saturated carbocycles. The van der Waals surface area contributed by atoms with Gasteiger partial charge in [-0.2, -0.15) is 11.8 Å². The summed E-state index contributed by atoms with van der Waals surface area (Å²) >= 11 is 3.35. The number of nitrogens with zero attached hydrogens (tertiary/aromatic N) is 1. The summed E-state index contributed by atoms with van der Waals surface area (Å²) in [6, 6.07) is 4.62. The molecule has 1 aliphatic rings. The highest BCUT2D eigenvalue weighted by molar-refractivity contribution is 7.99. The Morgan fingerprint density at radius 1 is 1.56 bits per heavy atom. The van der Waals surface area contributed by atoms with Crippen molar-refractivity contribution < 1.29 is 4.79 Å². The lowest BCUT2D eigenvalue weighted by Crippen LogP contribution is -2.37. The van der Waals surface area contributed by atoms with Crippen LogP contribution in [0.1, 0.15) is 23.8 Å². The second kappa shape index (κ2) is 7.16. The zero-order chi connectivity index (χ0) is 12.8. The van der Waals surface area contributed by atoms with Crippen LogP contribution in [0.15, 0.2) is 17.5 Å². The molecule has 1 saturated heterocycles. The zero-order valence-corrected chi connectivity index (χ0v) is 12.4. The summed E-state index contributed by atoms with van der Waals surface area (Å²) in [4.78, 5) is 15.4. The number of carbonyl (C=O) groups excluding carboxylic acids is 1. The smallest absolute Gasteiger partial charge is 0.230 e. The van der Waals surface area contributed by atoms with E-state index in [0.717, 1.165) is 19.6 Å². The molecular formula is C13H20N2OS2. The van der Waals surface area contributed by atoms with Gasteiger partial charge in [0.2, 0.25) is 5.91 Å². The molecule has 1 atom stereocenters. The van der Waals surface area contributed by atoms with E-state index in [1.807, 2.05) is 6.26 Å². The molecule has 0 bridgehead atoms. The molecule has 0 aromatic carbocycles. The Morgan fingerprint density at radius 3 is 2.94 bits per heavy atom. The maximum Gasteiger partial charge on any atom is 0.230 e. The summed E-state index contributed by atoms with van der Waals surface area (Å²) in [5, 5.41) is 5.17. The lowest BCUT2D eigenvalue weighted by atomic mass is 10.2. The Hall–Kier alpha value is -0.520. The molecule has 0 radical (unpaired) electrons. The third-order valence-electron chi connectivity index (χ3n) is 3.22. The van der Waals surface area contributed by atoms with Crippen LogP contribution >= 0.6 is 23.1 Å². The second-order valence-corrected chi connectivity index (χ2v) is 6.36. The molecule has 1 aliphatic heterocycles. The van der Waals surface area contributed by atoms with Crippen LogP contribution in [0.25, 0.3) is 0 Å². The summed E-state index contributed by atoms with van der Waals surface area (Å²) in [6.07, 6.45) is 4.51. The summed E-state index contributed by atoms with van der Waals surface area (Å²) in [5.74, 6) is 0.695. The van der Waals surface area contributed by atoms with E-state index in [4.69, 9.17) is 0 Å². The Balaban J connectivity index is 1.94. The minimum Gasteiger partial charge on any atom is -0.353 e. The van der Waals surface area contributed by atoms with Crippen LogP contribution in [0.5, 0.6) is 0 Å². The molecular weight excluding hydrogens is 264 g/mol. The van der Waals surface area contributed by atoms with Crippen LogP contribution in [-0.4, -0.2) is 42.4 Å². The van der Waals surface area contributed by atoms with E-state index in [9.17, 15) is 4.79 Å². The Morgan fingerprint density at radius 2 is 2.33 bits per heavy atom. The van der Waals surface area contributed by atoms with Gasteiger partial charge in [-0.15, -0.1) is 11.3 Å². The molecule has 2 heterocycles. The summed E-state index contributed by atoms with van der Waals surface area (Å²) in [6.45, 7) is 3.04. The maximum atomic E-state index is 11.6. The summed E-state index contributed by atoms with van der Waals surface area (Å²) in [5.41, 5.74) is 0. The van der Waals surface area contributed by atoms with Crippen LogP contribution < -0.4 is 5.32 Å². The number of amides is 1. The van der Waals surface area contributed by atoms with E-state index in [1.165, 1.54) is 17.7 Å². The van der Waals surface area contributed by atoms with Gasteiger partial charge in [-0.3, -0.25) is 9.69 Å². The van der Waals surface area contributed by atoms with E-state index in [-0.39, 0.29) is 5.91 Å². The van der Waals surface area contributed by atoms with Gasteiger partial charge in [0.05, 0.1) is 11.8 Å². The van der Waals surface area contributed by atoms with Crippen LogP contribution in [0.3, 0.4) is 0 Å². The Bertz CT molecular complexity index is 361. The van der Waals surface area contributed by atoms with Gasteiger partial charge in [-0.05, 0) is 43.6 Å². The number of thioether (sulfide) groups is 1. The Labute approximate surface area is 117 Å². The molecule has 0 spiro atoms. The number of thiophene rings is 1. The maximum absolute atomic E-state index is 11.6. The number of nitrogens with one attached hydrogen (secondary N) is 1. The normalized spacial score (nSPS) is 17.8. The van der Waals surface area contributed by atoms with Gasteiger partial charge in [0.25, 0.3) is 0 Å². The number of likely N-dealkylation sites (tertiary alicyclic amines) is 1. The molecule has 1 N–H and O–H groups in total.